The van der Waals surface area contributed by atoms with Gasteiger partial charge in [-0.25, -0.2) is 0 Å². The maximum atomic E-state index is 12.9. The van der Waals surface area contributed by atoms with E-state index < -0.39 is 6.10 Å². The quantitative estimate of drug-likeness (QED) is 0.0261. The van der Waals surface area contributed by atoms with Gasteiger partial charge in [0.1, 0.15) is 13.2 Å². The van der Waals surface area contributed by atoms with Crippen molar-refractivity contribution in [3.05, 3.63) is 24.3 Å². The number of carbonyl (C=O) groups excluding carboxylic acids is 3. The number of rotatable bonds is 64. The van der Waals surface area contributed by atoms with Crippen molar-refractivity contribution >= 4 is 17.9 Å². The summed E-state index contributed by atoms with van der Waals surface area (Å²) >= 11 is 0. The highest BCUT2D eigenvalue weighted by Crippen LogP contribution is 2.18. The molecule has 448 valence electrons. The van der Waals surface area contributed by atoms with E-state index in [9.17, 15) is 14.4 Å². The van der Waals surface area contributed by atoms with E-state index >= 15 is 0 Å². The maximum absolute atomic E-state index is 12.9. The zero-order chi connectivity index (χ0) is 55.0. The summed E-state index contributed by atoms with van der Waals surface area (Å²) in [4.78, 5) is 38.4. The summed E-state index contributed by atoms with van der Waals surface area (Å²) in [7, 11) is 0. The van der Waals surface area contributed by atoms with Crippen LogP contribution in [0.2, 0.25) is 0 Å². The highest BCUT2D eigenvalue weighted by molar-refractivity contribution is 5.71. The number of unbranched alkanes of at least 4 members (excludes halogenated alkanes) is 49. The zero-order valence-electron chi connectivity index (χ0n) is 51.6. The molecule has 0 aromatic carbocycles. The lowest BCUT2D eigenvalue weighted by Crippen LogP contribution is -2.30. The SMILES string of the molecule is CCCCCCCCCC/C=C\CCCCCCCCCCCC(=O)OCC(COC(=O)CCCCCCCCCCCCCCCCCC)OC(=O)CCCCCCCCCCC/C=C\CCCCCCCCCC. The molecule has 0 heterocycles. The van der Waals surface area contributed by atoms with E-state index in [1.165, 1.54) is 289 Å². The first kappa shape index (κ1) is 73.9. The molecule has 0 saturated carbocycles. The number of carbonyl (C=O) groups is 3. The van der Waals surface area contributed by atoms with Gasteiger partial charge in [-0.1, -0.05) is 321 Å². The van der Waals surface area contributed by atoms with E-state index in [1.54, 1.807) is 0 Å². The van der Waals surface area contributed by atoms with E-state index in [0.717, 1.165) is 57.8 Å². The molecule has 0 aromatic rings. The van der Waals surface area contributed by atoms with Crippen molar-refractivity contribution in [1.29, 1.82) is 0 Å². The van der Waals surface area contributed by atoms with Crippen molar-refractivity contribution in [2.24, 2.45) is 0 Å². The van der Waals surface area contributed by atoms with Gasteiger partial charge in [-0.15, -0.1) is 0 Å². The molecule has 0 saturated heterocycles. The number of ether oxygens (including phenoxy) is 3. The molecule has 0 amide bonds. The number of esters is 3. The molecule has 0 radical (unpaired) electrons. The Labute approximate surface area is 474 Å². The van der Waals surface area contributed by atoms with Gasteiger partial charge >= 0.3 is 17.9 Å². The van der Waals surface area contributed by atoms with Crippen LogP contribution in [0.3, 0.4) is 0 Å². The molecule has 0 aliphatic heterocycles. The molecule has 1 unspecified atom stereocenters. The zero-order valence-corrected chi connectivity index (χ0v) is 51.6. The lowest BCUT2D eigenvalue weighted by molar-refractivity contribution is -0.167. The van der Waals surface area contributed by atoms with E-state index in [2.05, 4.69) is 45.1 Å². The third-order valence-electron chi connectivity index (χ3n) is 15.7. The molecule has 0 N–H and O–H groups in total. The second kappa shape index (κ2) is 65.4. The van der Waals surface area contributed by atoms with E-state index in [0.29, 0.717) is 19.3 Å². The first-order chi connectivity index (χ1) is 37.5. The monoisotopic (exact) mass is 1070 g/mol. The highest BCUT2D eigenvalue weighted by Gasteiger charge is 2.19. The van der Waals surface area contributed by atoms with Crippen molar-refractivity contribution in [2.75, 3.05) is 13.2 Å². The van der Waals surface area contributed by atoms with Crippen LogP contribution >= 0.6 is 0 Å². The smallest absolute Gasteiger partial charge is 0.306 e. The van der Waals surface area contributed by atoms with Gasteiger partial charge in [-0.3, -0.25) is 14.4 Å². The lowest BCUT2D eigenvalue weighted by atomic mass is 10.0. The first-order valence-electron chi connectivity index (χ1n) is 34.3. The van der Waals surface area contributed by atoms with Crippen molar-refractivity contribution in [1.82, 2.24) is 0 Å². The summed E-state index contributed by atoms with van der Waals surface area (Å²) in [5.41, 5.74) is 0. The average Bonchev–Trinajstić information content (AvgIpc) is 3.42. The van der Waals surface area contributed by atoms with Gasteiger partial charge in [0.15, 0.2) is 6.10 Å². The van der Waals surface area contributed by atoms with Crippen molar-refractivity contribution in [2.45, 2.75) is 393 Å². The standard InChI is InChI=1S/C70H132O6/c1-4-7-10-13-16-19-22-25-28-31-33-35-37-39-42-45-48-51-54-57-60-63-69(72)75-66-67(65-74-68(71)62-59-56-53-50-47-44-41-30-27-24-21-18-15-12-9-6-3)76-70(73)64-61-58-55-52-49-46-43-40-38-36-34-32-29-26-23-20-17-14-11-8-5-2/h31-34,67H,4-30,35-66H2,1-3H3/b33-31-,34-32-. The molecular weight excluding hydrogens is 937 g/mol. The lowest BCUT2D eigenvalue weighted by Gasteiger charge is -2.18. The molecule has 6 nitrogen and oxygen atoms in total. The highest BCUT2D eigenvalue weighted by atomic mass is 16.6. The van der Waals surface area contributed by atoms with Gasteiger partial charge in [-0.2, -0.15) is 0 Å². The van der Waals surface area contributed by atoms with E-state index in [1.807, 2.05) is 0 Å². The summed E-state index contributed by atoms with van der Waals surface area (Å²) in [5, 5.41) is 0. The summed E-state index contributed by atoms with van der Waals surface area (Å²) < 4.78 is 17.0. The van der Waals surface area contributed by atoms with E-state index in [4.69, 9.17) is 14.2 Å². The summed E-state index contributed by atoms with van der Waals surface area (Å²) in [5.74, 6) is -0.841. The Balaban J connectivity index is 4.31. The van der Waals surface area contributed by atoms with Crippen LogP contribution < -0.4 is 0 Å². The molecule has 1 atom stereocenters. The topological polar surface area (TPSA) is 78.9 Å². The van der Waals surface area contributed by atoms with Gasteiger partial charge in [-0.05, 0) is 70.6 Å². The average molecular weight is 1070 g/mol. The van der Waals surface area contributed by atoms with Crippen molar-refractivity contribution in [3.8, 4) is 0 Å². The van der Waals surface area contributed by atoms with Crippen LogP contribution in [0.5, 0.6) is 0 Å². The molecule has 0 bridgehead atoms. The third-order valence-corrected chi connectivity index (χ3v) is 15.7. The Hall–Kier alpha value is -2.11. The molecule has 0 aliphatic rings. The molecule has 0 aliphatic carbocycles. The number of allylic oxidation sites excluding steroid dienone is 4. The minimum absolute atomic E-state index is 0.0671. The van der Waals surface area contributed by atoms with Crippen molar-refractivity contribution < 1.29 is 28.6 Å². The van der Waals surface area contributed by atoms with Gasteiger partial charge in [0.25, 0.3) is 0 Å². The Morgan fingerprint density at radius 2 is 0.434 bits per heavy atom. The summed E-state index contributed by atoms with van der Waals surface area (Å²) in [6.45, 7) is 6.72. The van der Waals surface area contributed by atoms with Crippen LogP contribution in [0, 0.1) is 0 Å². The minimum Gasteiger partial charge on any atom is -0.462 e. The molecule has 0 aromatic heterocycles. The van der Waals surface area contributed by atoms with Crippen LogP contribution in [0.4, 0.5) is 0 Å². The molecule has 76 heavy (non-hydrogen) atoms. The fraction of sp³-hybridized carbons (Fsp3) is 0.900. The molecule has 0 rings (SSSR count). The number of hydrogen-bond acceptors (Lipinski definition) is 6. The molecular formula is C70H132O6. The molecule has 0 fully saturated rings. The van der Waals surface area contributed by atoms with Crippen LogP contribution in [-0.4, -0.2) is 37.2 Å². The number of hydrogen-bond donors (Lipinski definition) is 0. The predicted octanol–water partition coefficient (Wildman–Crippen LogP) is 23.4. The fourth-order valence-electron chi connectivity index (χ4n) is 10.5. The normalized spacial score (nSPS) is 12.1. The molecule has 0 spiro atoms. The predicted molar refractivity (Wildman–Crippen MR) is 330 cm³/mol. The van der Waals surface area contributed by atoms with Crippen LogP contribution in [0.15, 0.2) is 24.3 Å². The largest absolute Gasteiger partial charge is 0.462 e. The van der Waals surface area contributed by atoms with Crippen LogP contribution in [0.1, 0.15) is 387 Å². The second-order valence-corrected chi connectivity index (χ2v) is 23.4. The first-order valence-corrected chi connectivity index (χ1v) is 34.3. The fourth-order valence-corrected chi connectivity index (χ4v) is 10.5. The van der Waals surface area contributed by atoms with E-state index in [-0.39, 0.29) is 31.1 Å². The van der Waals surface area contributed by atoms with Crippen LogP contribution in [0.25, 0.3) is 0 Å². The Kier molecular flexibility index (Phi) is 63.6. The Bertz CT molecular complexity index is 1230. The summed E-state index contributed by atoms with van der Waals surface area (Å²) in [6, 6.07) is 0. The van der Waals surface area contributed by atoms with Gasteiger partial charge in [0.2, 0.25) is 0 Å². The third kappa shape index (κ3) is 62.7. The van der Waals surface area contributed by atoms with Gasteiger partial charge < -0.3 is 14.2 Å². The maximum Gasteiger partial charge on any atom is 0.306 e. The molecule has 6 heteroatoms. The minimum atomic E-state index is -0.771. The summed E-state index contributed by atoms with van der Waals surface area (Å²) in [6.07, 6.45) is 79.0. The Morgan fingerprint density at radius 1 is 0.250 bits per heavy atom. The van der Waals surface area contributed by atoms with Crippen molar-refractivity contribution in [3.63, 3.8) is 0 Å². The Morgan fingerprint density at radius 3 is 0.658 bits per heavy atom. The second-order valence-electron chi connectivity index (χ2n) is 23.4. The van der Waals surface area contributed by atoms with Gasteiger partial charge in [0, 0.05) is 19.3 Å². The van der Waals surface area contributed by atoms with Gasteiger partial charge in [0.05, 0.1) is 0 Å². The van der Waals surface area contributed by atoms with Crippen LogP contribution in [-0.2, 0) is 28.6 Å².